The third kappa shape index (κ3) is 5.66. The van der Waals surface area contributed by atoms with Gasteiger partial charge in [-0.1, -0.05) is 55.5 Å². The number of nitrogens with zero attached hydrogens (tertiary/aromatic N) is 3. The second-order valence-corrected chi connectivity index (χ2v) is 8.94. The SMILES string of the molecule is CCOc1ccc2nc(N(CCN(CC)CC)C(=O)COc3ccc4ccccc4c3)sc2c1. The Morgan fingerprint density at radius 1 is 0.882 bits per heavy atom. The maximum absolute atomic E-state index is 13.3. The lowest BCUT2D eigenvalue weighted by atomic mass is 10.1. The van der Waals surface area contributed by atoms with Gasteiger partial charge in [0, 0.05) is 13.1 Å². The molecule has 4 rings (SSSR count). The zero-order valence-electron chi connectivity index (χ0n) is 20.0. The highest BCUT2D eigenvalue weighted by Gasteiger charge is 2.21. The van der Waals surface area contributed by atoms with Crippen LogP contribution >= 0.6 is 11.3 Å². The Bertz CT molecular complexity index is 1250. The molecule has 0 N–H and O–H groups in total. The van der Waals surface area contributed by atoms with Crippen molar-refractivity contribution in [2.24, 2.45) is 0 Å². The van der Waals surface area contributed by atoms with Crippen molar-refractivity contribution < 1.29 is 14.3 Å². The van der Waals surface area contributed by atoms with Crippen molar-refractivity contribution in [2.75, 3.05) is 44.3 Å². The van der Waals surface area contributed by atoms with Crippen LogP contribution in [-0.4, -0.2) is 55.2 Å². The summed E-state index contributed by atoms with van der Waals surface area (Å²) in [5, 5.41) is 2.91. The van der Waals surface area contributed by atoms with E-state index in [4.69, 9.17) is 14.5 Å². The number of benzene rings is 3. The smallest absolute Gasteiger partial charge is 0.266 e. The highest BCUT2D eigenvalue weighted by molar-refractivity contribution is 7.22. The third-order valence-electron chi connectivity index (χ3n) is 5.81. The maximum Gasteiger partial charge on any atom is 0.266 e. The van der Waals surface area contributed by atoms with E-state index in [9.17, 15) is 4.79 Å². The number of hydrogen-bond acceptors (Lipinski definition) is 6. The van der Waals surface area contributed by atoms with Crippen LogP contribution in [0.3, 0.4) is 0 Å². The summed E-state index contributed by atoms with van der Waals surface area (Å²) < 4.78 is 12.5. The van der Waals surface area contributed by atoms with E-state index in [2.05, 4.69) is 24.8 Å². The summed E-state index contributed by atoms with van der Waals surface area (Å²) in [6.45, 7) is 9.98. The van der Waals surface area contributed by atoms with Crippen molar-refractivity contribution in [1.29, 1.82) is 0 Å². The molecule has 0 aliphatic heterocycles. The second-order valence-electron chi connectivity index (χ2n) is 7.93. The van der Waals surface area contributed by atoms with Crippen LogP contribution in [0, 0.1) is 0 Å². The summed E-state index contributed by atoms with van der Waals surface area (Å²) >= 11 is 1.50. The van der Waals surface area contributed by atoms with E-state index in [-0.39, 0.29) is 12.5 Å². The van der Waals surface area contributed by atoms with Crippen molar-refractivity contribution in [1.82, 2.24) is 9.88 Å². The first kappa shape index (κ1) is 24.0. The predicted octanol–water partition coefficient (Wildman–Crippen LogP) is 5.60. The molecule has 34 heavy (non-hydrogen) atoms. The van der Waals surface area contributed by atoms with Crippen LogP contribution in [0.4, 0.5) is 5.13 Å². The standard InChI is InChI=1S/C27H31N3O3S/c1-4-29(5-2)15-16-30(27-28-24-14-13-23(32-6-3)18-25(24)34-27)26(31)19-33-22-12-11-20-9-7-8-10-21(20)17-22/h7-14,17-18H,4-6,15-16,19H2,1-3H3. The molecule has 0 unspecified atom stereocenters. The number of likely N-dealkylation sites (N-methyl/N-ethyl adjacent to an activating group) is 1. The number of anilines is 1. The molecular formula is C27H31N3O3S. The molecule has 0 saturated carbocycles. The van der Waals surface area contributed by atoms with E-state index in [1.165, 1.54) is 11.3 Å². The third-order valence-corrected chi connectivity index (χ3v) is 6.85. The minimum atomic E-state index is -0.107. The molecule has 0 fully saturated rings. The molecule has 1 aromatic heterocycles. The number of ether oxygens (including phenoxy) is 2. The van der Waals surface area contributed by atoms with E-state index in [1.807, 2.05) is 61.5 Å². The van der Waals surface area contributed by atoms with Gasteiger partial charge in [-0.15, -0.1) is 0 Å². The van der Waals surface area contributed by atoms with Crippen molar-refractivity contribution in [2.45, 2.75) is 20.8 Å². The summed E-state index contributed by atoms with van der Waals surface area (Å²) in [4.78, 5) is 22.1. The van der Waals surface area contributed by atoms with Crippen molar-refractivity contribution >= 4 is 43.4 Å². The zero-order chi connectivity index (χ0) is 23.9. The van der Waals surface area contributed by atoms with Crippen LogP contribution in [0.25, 0.3) is 21.0 Å². The minimum Gasteiger partial charge on any atom is -0.494 e. The van der Waals surface area contributed by atoms with Gasteiger partial charge >= 0.3 is 0 Å². The minimum absolute atomic E-state index is 0.0449. The van der Waals surface area contributed by atoms with Crippen LogP contribution in [0.15, 0.2) is 60.7 Å². The van der Waals surface area contributed by atoms with Gasteiger partial charge in [0.25, 0.3) is 5.91 Å². The second kappa shape index (κ2) is 11.3. The number of hydrogen-bond donors (Lipinski definition) is 0. The Hall–Kier alpha value is -3.16. The Labute approximate surface area is 204 Å². The number of aromatic nitrogens is 1. The Morgan fingerprint density at radius 2 is 1.62 bits per heavy atom. The molecule has 7 heteroatoms. The van der Waals surface area contributed by atoms with Gasteiger partial charge in [0.2, 0.25) is 0 Å². The summed E-state index contributed by atoms with van der Waals surface area (Å²) in [5.41, 5.74) is 0.861. The van der Waals surface area contributed by atoms with Gasteiger partial charge in [-0.05, 0) is 61.1 Å². The molecule has 4 aromatic rings. The van der Waals surface area contributed by atoms with Gasteiger partial charge in [0.15, 0.2) is 11.7 Å². The van der Waals surface area contributed by atoms with Crippen LogP contribution in [0.5, 0.6) is 11.5 Å². The molecule has 3 aromatic carbocycles. The summed E-state index contributed by atoms with van der Waals surface area (Å²) in [6.07, 6.45) is 0. The number of carbonyl (C=O) groups is 1. The normalized spacial score (nSPS) is 11.3. The van der Waals surface area contributed by atoms with E-state index in [0.29, 0.717) is 24.0 Å². The number of carbonyl (C=O) groups excluding carboxylic acids is 1. The zero-order valence-corrected chi connectivity index (χ0v) is 20.8. The van der Waals surface area contributed by atoms with E-state index >= 15 is 0 Å². The maximum atomic E-state index is 13.3. The molecule has 0 atom stereocenters. The largest absolute Gasteiger partial charge is 0.494 e. The average molecular weight is 478 g/mol. The first-order valence-electron chi connectivity index (χ1n) is 11.8. The fourth-order valence-electron chi connectivity index (χ4n) is 3.85. The van der Waals surface area contributed by atoms with Gasteiger partial charge in [0.05, 0.1) is 16.8 Å². The molecule has 1 heterocycles. The summed E-state index contributed by atoms with van der Waals surface area (Å²) in [7, 11) is 0. The molecule has 0 aliphatic carbocycles. The van der Waals surface area contributed by atoms with Crippen molar-refractivity contribution in [3.05, 3.63) is 60.7 Å². The lowest BCUT2D eigenvalue weighted by Gasteiger charge is -2.24. The fourth-order valence-corrected chi connectivity index (χ4v) is 4.89. The molecular weight excluding hydrogens is 446 g/mol. The van der Waals surface area contributed by atoms with Crippen LogP contribution in [0.1, 0.15) is 20.8 Å². The Kier molecular flexibility index (Phi) is 7.98. The predicted molar refractivity (Wildman–Crippen MR) is 140 cm³/mol. The van der Waals surface area contributed by atoms with Crippen LogP contribution in [-0.2, 0) is 4.79 Å². The van der Waals surface area contributed by atoms with Crippen LogP contribution < -0.4 is 14.4 Å². The van der Waals surface area contributed by atoms with Crippen LogP contribution in [0.2, 0.25) is 0 Å². The molecule has 0 saturated heterocycles. The van der Waals surface area contributed by atoms with Gasteiger partial charge in [0.1, 0.15) is 11.5 Å². The molecule has 6 nitrogen and oxygen atoms in total. The summed E-state index contributed by atoms with van der Waals surface area (Å²) in [5.74, 6) is 1.39. The van der Waals surface area contributed by atoms with E-state index in [1.54, 1.807) is 4.90 Å². The van der Waals surface area contributed by atoms with Crippen molar-refractivity contribution in [3.63, 3.8) is 0 Å². The fraction of sp³-hybridized carbons (Fsp3) is 0.333. The van der Waals surface area contributed by atoms with E-state index < -0.39 is 0 Å². The molecule has 178 valence electrons. The molecule has 0 aliphatic rings. The number of fused-ring (bicyclic) bond motifs is 2. The van der Waals surface area contributed by atoms with Gasteiger partial charge in [-0.3, -0.25) is 9.69 Å². The lowest BCUT2D eigenvalue weighted by molar-refractivity contribution is -0.120. The molecule has 0 radical (unpaired) electrons. The Balaban J connectivity index is 1.54. The molecule has 0 bridgehead atoms. The quantitative estimate of drug-likeness (QED) is 0.281. The number of amides is 1. The number of thiazole rings is 1. The van der Waals surface area contributed by atoms with E-state index in [0.717, 1.165) is 46.4 Å². The average Bonchev–Trinajstić information content (AvgIpc) is 3.28. The number of rotatable bonds is 11. The van der Waals surface area contributed by atoms with Gasteiger partial charge in [-0.25, -0.2) is 4.98 Å². The first-order chi connectivity index (χ1) is 16.6. The molecule has 0 spiro atoms. The highest BCUT2D eigenvalue weighted by Crippen LogP contribution is 2.32. The highest BCUT2D eigenvalue weighted by atomic mass is 32.1. The lowest BCUT2D eigenvalue weighted by Crippen LogP contribution is -2.41. The molecule has 1 amide bonds. The summed E-state index contributed by atoms with van der Waals surface area (Å²) in [6, 6.07) is 19.8. The first-order valence-corrected chi connectivity index (χ1v) is 12.6. The Morgan fingerprint density at radius 3 is 2.38 bits per heavy atom. The van der Waals surface area contributed by atoms with Gasteiger partial charge in [-0.2, -0.15) is 0 Å². The topological polar surface area (TPSA) is 54.9 Å². The van der Waals surface area contributed by atoms with Gasteiger partial charge < -0.3 is 14.4 Å². The van der Waals surface area contributed by atoms with Crippen molar-refractivity contribution in [3.8, 4) is 11.5 Å². The monoisotopic (exact) mass is 477 g/mol.